The Hall–Kier alpha value is -2.18. The van der Waals surface area contributed by atoms with E-state index in [9.17, 15) is 4.79 Å². The van der Waals surface area contributed by atoms with Gasteiger partial charge in [0.25, 0.3) is 0 Å². The number of hydrogen-bond acceptors (Lipinski definition) is 4. The lowest BCUT2D eigenvalue weighted by atomic mass is 10.3. The maximum atomic E-state index is 11.8. The molecule has 8 heteroatoms. The molecule has 0 unspecified atom stereocenters. The van der Waals surface area contributed by atoms with Gasteiger partial charge in [-0.1, -0.05) is 23.2 Å². The van der Waals surface area contributed by atoms with Crippen LogP contribution in [0.4, 0.5) is 16.3 Å². The number of hydrogen-bond donors (Lipinski definition) is 3. The fraction of sp³-hybridized carbons (Fsp3) is 0.250. The number of aromatic nitrogens is 1. The number of halogens is 2. The molecule has 0 radical (unpaired) electrons. The highest BCUT2D eigenvalue weighted by Crippen LogP contribution is 2.22. The van der Waals surface area contributed by atoms with Crippen LogP contribution in [0.15, 0.2) is 36.5 Å². The molecule has 0 saturated heterocycles. The Kier molecular flexibility index (Phi) is 6.96. The predicted octanol–water partition coefficient (Wildman–Crippen LogP) is 4.02. The number of urea groups is 1. The van der Waals surface area contributed by atoms with Crippen molar-refractivity contribution < 1.29 is 9.53 Å². The van der Waals surface area contributed by atoms with Gasteiger partial charge in [-0.2, -0.15) is 0 Å². The fourth-order valence-electron chi connectivity index (χ4n) is 1.88. The Labute approximate surface area is 150 Å². The van der Waals surface area contributed by atoms with Crippen molar-refractivity contribution in [2.75, 3.05) is 30.3 Å². The second-order valence-corrected chi connectivity index (χ2v) is 5.59. The summed E-state index contributed by atoms with van der Waals surface area (Å²) in [7, 11) is 0. The van der Waals surface area contributed by atoms with Crippen molar-refractivity contribution in [3.63, 3.8) is 0 Å². The van der Waals surface area contributed by atoms with Crippen molar-refractivity contribution in [1.82, 2.24) is 10.3 Å². The zero-order valence-corrected chi connectivity index (χ0v) is 14.6. The van der Waals surface area contributed by atoms with Crippen LogP contribution in [0.2, 0.25) is 10.0 Å². The molecule has 0 spiro atoms. The van der Waals surface area contributed by atoms with E-state index in [0.29, 0.717) is 41.2 Å². The molecule has 1 heterocycles. The molecular weight excluding hydrogens is 351 g/mol. The summed E-state index contributed by atoms with van der Waals surface area (Å²) in [4.78, 5) is 15.9. The molecule has 2 amide bonds. The number of benzene rings is 1. The Balaban J connectivity index is 1.71. The number of carbonyl (C=O) groups excluding carboxylic acids is 1. The van der Waals surface area contributed by atoms with Crippen LogP contribution in [-0.2, 0) is 0 Å². The van der Waals surface area contributed by atoms with Crippen LogP contribution in [0.3, 0.4) is 0 Å². The Morgan fingerprint density at radius 3 is 2.62 bits per heavy atom. The summed E-state index contributed by atoms with van der Waals surface area (Å²) in [6.45, 7) is 3.40. The highest BCUT2D eigenvalue weighted by atomic mass is 35.5. The maximum absolute atomic E-state index is 11.8. The van der Waals surface area contributed by atoms with Crippen LogP contribution in [-0.4, -0.2) is 30.7 Å². The first-order valence-corrected chi connectivity index (χ1v) is 8.16. The minimum Gasteiger partial charge on any atom is -0.494 e. The molecule has 1 aromatic heterocycles. The van der Waals surface area contributed by atoms with Crippen LogP contribution in [0, 0.1) is 0 Å². The molecule has 0 aliphatic heterocycles. The van der Waals surface area contributed by atoms with Crippen molar-refractivity contribution in [2.45, 2.75) is 6.92 Å². The molecule has 0 aliphatic carbocycles. The fourth-order valence-corrected chi connectivity index (χ4v) is 2.32. The second-order valence-electron chi connectivity index (χ2n) is 4.75. The smallest absolute Gasteiger partial charge is 0.319 e. The van der Waals surface area contributed by atoms with Gasteiger partial charge >= 0.3 is 6.03 Å². The number of nitrogens with one attached hydrogen (secondary N) is 3. The van der Waals surface area contributed by atoms with E-state index in [4.69, 9.17) is 27.9 Å². The van der Waals surface area contributed by atoms with E-state index in [-0.39, 0.29) is 6.03 Å². The molecule has 0 atom stereocenters. The number of pyridine rings is 1. The van der Waals surface area contributed by atoms with Crippen LogP contribution in [0.25, 0.3) is 0 Å². The lowest BCUT2D eigenvalue weighted by Gasteiger charge is -2.10. The average molecular weight is 369 g/mol. The minimum absolute atomic E-state index is 0.295. The molecule has 0 saturated carbocycles. The summed E-state index contributed by atoms with van der Waals surface area (Å²) < 4.78 is 5.34. The topological polar surface area (TPSA) is 75.3 Å². The quantitative estimate of drug-likeness (QED) is 0.645. The van der Waals surface area contributed by atoms with Gasteiger partial charge in [-0.15, -0.1) is 0 Å². The number of amides is 2. The molecule has 0 bridgehead atoms. The SMILES string of the molecule is CCOc1ccc(NC(=O)NCCNc2ncc(Cl)cc2Cl)cc1. The minimum atomic E-state index is -0.295. The second kappa shape index (κ2) is 9.20. The van der Waals surface area contributed by atoms with E-state index < -0.39 is 0 Å². The Morgan fingerprint density at radius 1 is 1.21 bits per heavy atom. The molecule has 1 aromatic carbocycles. The molecule has 24 heavy (non-hydrogen) atoms. The van der Waals surface area contributed by atoms with E-state index in [1.807, 2.05) is 6.92 Å². The van der Waals surface area contributed by atoms with Crippen LogP contribution < -0.4 is 20.7 Å². The lowest BCUT2D eigenvalue weighted by Crippen LogP contribution is -2.32. The zero-order valence-electron chi connectivity index (χ0n) is 13.1. The molecule has 128 valence electrons. The highest BCUT2D eigenvalue weighted by molar-refractivity contribution is 6.35. The van der Waals surface area contributed by atoms with E-state index in [2.05, 4.69) is 20.9 Å². The van der Waals surface area contributed by atoms with Crippen LogP contribution in [0.1, 0.15) is 6.92 Å². The summed E-state index contributed by atoms with van der Waals surface area (Å²) in [6, 6.07) is 8.46. The first kappa shape index (κ1) is 18.2. The third-order valence-corrected chi connectivity index (χ3v) is 3.43. The van der Waals surface area contributed by atoms with Crippen molar-refractivity contribution >= 4 is 40.7 Å². The molecule has 2 aromatic rings. The van der Waals surface area contributed by atoms with E-state index in [1.165, 1.54) is 6.20 Å². The van der Waals surface area contributed by atoms with Gasteiger partial charge in [0.1, 0.15) is 11.6 Å². The van der Waals surface area contributed by atoms with Crippen LogP contribution in [0.5, 0.6) is 5.75 Å². The lowest BCUT2D eigenvalue weighted by molar-refractivity contribution is 0.252. The number of carbonyl (C=O) groups is 1. The van der Waals surface area contributed by atoms with Crippen molar-refractivity contribution in [1.29, 1.82) is 0 Å². The third-order valence-electron chi connectivity index (χ3n) is 2.93. The van der Waals surface area contributed by atoms with Gasteiger partial charge < -0.3 is 20.7 Å². The normalized spacial score (nSPS) is 10.1. The number of ether oxygens (including phenoxy) is 1. The monoisotopic (exact) mass is 368 g/mol. The molecule has 0 fully saturated rings. The van der Waals surface area contributed by atoms with Gasteiger partial charge in [-0.25, -0.2) is 9.78 Å². The van der Waals surface area contributed by atoms with Crippen molar-refractivity contribution in [2.24, 2.45) is 0 Å². The summed E-state index contributed by atoms with van der Waals surface area (Å²) in [6.07, 6.45) is 1.50. The molecule has 3 N–H and O–H groups in total. The average Bonchev–Trinajstić information content (AvgIpc) is 2.55. The van der Waals surface area contributed by atoms with Gasteiger partial charge in [-0.05, 0) is 37.3 Å². The van der Waals surface area contributed by atoms with E-state index in [0.717, 1.165) is 5.75 Å². The van der Waals surface area contributed by atoms with Gasteiger partial charge in [0.2, 0.25) is 0 Å². The molecule has 6 nitrogen and oxygen atoms in total. The Bertz CT molecular complexity index is 680. The molecule has 2 rings (SSSR count). The van der Waals surface area contributed by atoms with Crippen molar-refractivity contribution in [3.8, 4) is 5.75 Å². The number of rotatable bonds is 7. The first-order chi connectivity index (χ1) is 11.6. The third kappa shape index (κ3) is 5.79. The van der Waals surface area contributed by atoms with E-state index >= 15 is 0 Å². The van der Waals surface area contributed by atoms with Crippen molar-refractivity contribution in [3.05, 3.63) is 46.6 Å². The zero-order chi connectivity index (χ0) is 17.4. The summed E-state index contributed by atoms with van der Waals surface area (Å²) in [5.41, 5.74) is 0.686. The summed E-state index contributed by atoms with van der Waals surface area (Å²) in [5, 5.41) is 9.39. The van der Waals surface area contributed by atoms with E-state index in [1.54, 1.807) is 30.3 Å². The van der Waals surface area contributed by atoms with Gasteiger partial charge in [-0.3, -0.25) is 0 Å². The van der Waals surface area contributed by atoms with Gasteiger partial charge in [0.05, 0.1) is 16.7 Å². The van der Waals surface area contributed by atoms with Gasteiger partial charge in [0, 0.05) is 25.0 Å². The molecular formula is C16H18Cl2N4O2. The standard InChI is InChI=1S/C16H18Cl2N4O2/c1-2-24-13-5-3-12(4-6-13)22-16(23)20-8-7-19-15-14(18)9-11(17)10-21-15/h3-6,9-10H,2,7-8H2,1H3,(H,19,21)(H2,20,22,23). The summed E-state index contributed by atoms with van der Waals surface area (Å²) >= 11 is 11.8. The highest BCUT2D eigenvalue weighted by Gasteiger charge is 2.04. The Morgan fingerprint density at radius 2 is 1.96 bits per heavy atom. The largest absolute Gasteiger partial charge is 0.494 e. The first-order valence-electron chi connectivity index (χ1n) is 7.41. The number of nitrogens with zero attached hydrogens (tertiary/aromatic N) is 1. The predicted molar refractivity (Wildman–Crippen MR) is 97.4 cm³/mol. The maximum Gasteiger partial charge on any atom is 0.319 e. The van der Waals surface area contributed by atoms with Crippen LogP contribution >= 0.6 is 23.2 Å². The van der Waals surface area contributed by atoms with Gasteiger partial charge in [0.15, 0.2) is 0 Å². The number of anilines is 2. The molecule has 0 aliphatic rings. The summed E-state index contributed by atoms with van der Waals surface area (Å²) in [5.74, 6) is 1.29.